The van der Waals surface area contributed by atoms with Crippen LogP contribution in [0.15, 0.2) is 24.3 Å². The quantitative estimate of drug-likeness (QED) is 0.807. The molecular formula is C18H24N2O4. The Morgan fingerprint density at radius 3 is 2.67 bits per heavy atom. The number of imide groups is 1. The molecule has 2 aliphatic heterocycles. The zero-order valence-electron chi connectivity index (χ0n) is 14.0. The highest BCUT2D eigenvalue weighted by Crippen LogP contribution is 2.26. The number of piperidine rings is 1. The van der Waals surface area contributed by atoms with Crippen LogP contribution >= 0.6 is 0 Å². The molecule has 3 amide bonds. The van der Waals surface area contributed by atoms with Gasteiger partial charge in [0, 0.05) is 6.54 Å². The van der Waals surface area contributed by atoms with Crippen molar-refractivity contribution in [1.82, 2.24) is 9.80 Å². The first kappa shape index (κ1) is 16.8. The van der Waals surface area contributed by atoms with E-state index in [4.69, 9.17) is 4.74 Å². The number of urea groups is 1. The topological polar surface area (TPSA) is 70.1 Å². The van der Waals surface area contributed by atoms with Crippen LogP contribution in [0.4, 0.5) is 4.79 Å². The van der Waals surface area contributed by atoms with Crippen molar-refractivity contribution in [2.24, 2.45) is 0 Å². The minimum absolute atomic E-state index is 0.0162. The summed E-state index contributed by atoms with van der Waals surface area (Å²) in [5.74, 6) is 0.480. The van der Waals surface area contributed by atoms with Gasteiger partial charge in [-0.2, -0.15) is 0 Å². The van der Waals surface area contributed by atoms with E-state index in [1.165, 1.54) is 10.5 Å². The molecule has 24 heavy (non-hydrogen) atoms. The maximum atomic E-state index is 12.3. The number of hydrogen-bond acceptors (Lipinski definition) is 4. The predicted octanol–water partition coefficient (Wildman–Crippen LogP) is 1.81. The van der Waals surface area contributed by atoms with Crippen LogP contribution in [0.5, 0.6) is 5.75 Å². The average Bonchev–Trinajstić information content (AvgIpc) is 2.86. The lowest BCUT2D eigenvalue weighted by atomic mass is 10.0. The van der Waals surface area contributed by atoms with Gasteiger partial charge in [0.1, 0.15) is 24.5 Å². The van der Waals surface area contributed by atoms with E-state index in [0.717, 1.165) is 25.7 Å². The smallest absolute Gasteiger partial charge is 0.327 e. The number of carbonyl (C=O) groups excluding carboxylic acids is 2. The molecule has 2 fully saturated rings. The summed E-state index contributed by atoms with van der Waals surface area (Å²) in [6, 6.07) is 7.06. The molecule has 2 saturated heterocycles. The molecule has 6 nitrogen and oxygen atoms in total. The summed E-state index contributed by atoms with van der Waals surface area (Å²) < 4.78 is 5.55. The normalized spacial score (nSPS) is 21.8. The van der Waals surface area contributed by atoms with E-state index < -0.39 is 6.10 Å². The second-order valence-corrected chi connectivity index (χ2v) is 6.40. The zero-order chi connectivity index (χ0) is 17.1. The number of rotatable bonds is 6. The molecule has 0 aliphatic carbocycles. The van der Waals surface area contributed by atoms with Crippen molar-refractivity contribution >= 4 is 11.9 Å². The number of fused-ring (bicyclic) bond motifs is 1. The van der Waals surface area contributed by atoms with Crippen molar-refractivity contribution in [1.29, 1.82) is 0 Å². The number of aliphatic hydroxyl groups is 1. The Kier molecular flexibility index (Phi) is 5.04. The van der Waals surface area contributed by atoms with Gasteiger partial charge in [0.25, 0.3) is 5.91 Å². The molecule has 2 atom stereocenters. The number of ether oxygens (including phenoxy) is 1. The SMILES string of the molecule is CCc1ccc(OC[C@@H](O)CN2C(=O)[C@H]3CCCCN3C2=O)cc1. The lowest BCUT2D eigenvalue weighted by Crippen LogP contribution is -2.40. The Balaban J connectivity index is 1.53. The summed E-state index contributed by atoms with van der Waals surface area (Å²) >= 11 is 0. The number of amides is 3. The second-order valence-electron chi connectivity index (χ2n) is 6.40. The van der Waals surface area contributed by atoms with Gasteiger partial charge < -0.3 is 14.7 Å². The molecule has 0 bridgehead atoms. The van der Waals surface area contributed by atoms with Gasteiger partial charge in [0.05, 0.1) is 6.54 Å². The van der Waals surface area contributed by atoms with Gasteiger partial charge >= 0.3 is 6.03 Å². The highest BCUT2D eigenvalue weighted by atomic mass is 16.5. The molecule has 0 radical (unpaired) electrons. The Labute approximate surface area is 142 Å². The maximum Gasteiger partial charge on any atom is 0.327 e. The summed E-state index contributed by atoms with van der Waals surface area (Å²) in [7, 11) is 0. The van der Waals surface area contributed by atoms with E-state index >= 15 is 0 Å². The molecule has 6 heteroatoms. The van der Waals surface area contributed by atoms with Gasteiger partial charge in [-0.1, -0.05) is 19.1 Å². The molecule has 1 N–H and O–H groups in total. The van der Waals surface area contributed by atoms with Gasteiger partial charge in [-0.15, -0.1) is 0 Å². The minimum Gasteiger partial charge on any atom is -0.491 e. The fourth-order valence-electron chi connectivity index (χ4n) is 3.29. The number of aryl methyl sites for hydroxylation is 1. The fourth-order valence-corrected chi connectivity index (χ4v) is 3.29. The van der Waals surface area contributed by atoms with Crippen molar-refractivity contribution < 1.29 is 19.4 Å². The van der Waals surface area contributed by atoms with Crippen LogP contribution in [-0.2, 0) is 11.2 Å². The number of β-amino-alcohol motifs (C(OH)–C–C–N with tert-alkyl or cyclic N) is 1. The van der Waals surface area contributed by atoms with Gasteiger partial charge in [-0.25, -0.2) is 4.79 Å². The number of carbonyl (C=O) groups is 2. The van der Waals surface area contributed by atoms with Crippen molar-refractivity contribution in [3.05, 3.63) is 29.8 Å². The van der Waals surface area contributed by atoms with Crippen LogP contribution in [0, 0.1) is 0 Å². The maximum absolute atomic E-state index is 12.3. The molecule has 0 unspecified atom stereocenters. The van der Waals surface area contributed by atoms with Crippen LogP contribution in [-0.4, -0.2) is 58.7 Å². The monoisotopic (exact) mass is 332 g/mol. The second kappa shape index (κ2) is 7.21. The lowest BCUT2D eigenvalue weighted by molar-refractivity contribution is -0.129. The van der Waals surface area contributed by atoms with E-state index in [9.17, 15) is 14.7 Å². The summed E-state index contributed by atoms with van der Waals surface area (Å²) in [5, 5.41) is 10.2. The first-order chi connectivity index (χ1) is 11.6. The van der Waals surface area contributed by atoms with Gasteiger partial charge in [0.15, 0.2) is 0 Å². The number of hydrogen-bond donors (Lipinski definition) is 1. The third kappa shape index (κ3) is 3.38. The summed E-state index contributed by atoms with van der Waals surface area (Å²) in [6.07, 6.45) is 2.68. The minimum atomic E-state index is -0.898. The Hall–Kier alpha value is -2.08. The fraction of sp³-hybridized carbons (Fsp3) is 0.556. The highest BCUT2D eigenvalue weighted by Gasteiger charge is 2.46. The van der Waals surface area contributed by atoms with Crippen LogP contribution in [0.3, 0.4) is 0 Å². The largest absolute Gasteiger partial charge is 0.491 e. The molecule has 1 aromatic rings. The van der Waals surface area contributed by atoms with Gasteiger partial charge in [-0.3, -0.25) is 9.69 Å². The van der Waals surface area contributed by atoms with Crippen molar-refractivity contribution in [3.63, 3.8) is 0 Å². The van der Waals surface area contributed by atoms with Crippen LogP contribution < -0.4 is 4.74 Å². The summed E-state index contributed by atoms with van der Waals surface area (Å²) in [6.45, 7) is 2.74. The average molecular weight is 332 g/mol. The highest BCUT2D eigenvalue weighted by molar-refractivity contribution is 6.04. The third-order valence-electron chi connectivity index (χ3n) is 4.70. The van der Waals surface area contributed by atoms with Crippen molar-refractivity contribution in [3.8, 4) is 5.75 Å². The third-order valence-corrected chi connectivity index (χ3v) is 4.70. The molecule has 0 aromatic heterocycles. The first-order valence-electron chi connectivity index (χ1n) is 8.62. The van der Waals surface area contributed by atoms with Gasteiger partial charge in [0.2, 0.25) is 0 Å². The van der Waals surface area contributed by atoms with Crippen LogP contribution in [0.25, 0.3) is 0 Å². The number of aliphatic hydroxyl groups excluding tert-OH is 1. The first-order valence-corrected chi connectivity index (χ1v) is 8.62. The van der Waals surface area contributed by atoms with E-state index in [0.29, 0.717) is 12.3 Å². The molecule has 1 aromatic carbocycles. The van der Waals surface area contributed by atoms with Crippen molar-refractivity contribution in [2.75, 3.05) is 19.7 Å². The molecule has 0 saturated carbocycles. The molecule has 2 aliphatic rings. The lowest BCUT2D eigenvalue weighted by Gasteiger charge is -2.26. The van der Waals surface area contributed by atoms with Crippen molar-refractivity contribution in [2.45, 2.75) is 44.8 Å². The molecule has 0 spiro atoms. The molecule has 3 rings (SSSR count). The zero-order valence-corrected chi connectivity index (χ0v) is 14.0. The molecule has 130 valence electrons. The van der Waals surface area contributed by atoms with Crippen LogP contribution in [0.2, 0.25) is 0 Å². The Morgan fingerprint density at radius 1 is 1.25 bits per heavy atom. The van der Waals surface area contributed by atoms with E-state index in [-0.39, 0.29) is 31.1 Å². The Morgan fingerprint density at radius 2 is 2.00 bits per heavy atom. The standard InChI is InChI=1S/C18H24N2O4/c1-2-13-6-8-15(9-7-13)24-12-14(21)11-20-17(22)16-5-3-4-10-19(16)18(20)23/h6-9,14,16,21H,2-5,10-12H2,1H3/t14-,16+/m0/s1. The van der Waals surface area contributed by atoms with E-state index in [1.54, 1.807) is 4.90 Å². The van der Waals surface area contributed by atoms with Crippen LogP contribution in [0.1, 0.15) is 31.7 Å². The van der Waals surface area contributed by atoms with E-state index in [1.807, 2.05) is 24.3 Å². The number of benzene rings is 1. The summed E-state index contributed by atoms with van der Waals surface area (Å²) in [5.41, 5.74) is 1.22. The molecule has 2 heterocycles. The van der Waals surface area contributed by atoms with Gasteiger partial charge in [-0.05, 0) is 43.4 Å². The summed E-state index contributed by atoms with van der Waals surface area (Å²) in [4.78, 5) is 27.5. The Bertz CT molecular complexity index is 578. The number of nitrogens with zero attached hydrogens (tertiary/aromatic N) is 2. The molecular weight excluding hydrogens is 308 g/mol. The predicted molar refractivity (Wildman–Crippen MR) is 88.8 cm³/mol. The van der Waals surface area contributed by atoms with E-state index in [2.05, 4.69) is 6.92 Å².